The van der Waals surface area contributed by atoms with Crippen LogP contribution in [-0.2, 0) is 11.3 Å². The number of carbonyl (C=O) groups is 1. The Labute approximate surface area is 85.9 Å². The quantitative estimate of drug-likeness (QED) is 0.718. The first-order valence-corrected chi connectivity index (χ1v) is 4.35. The largest absolute Gasteiger partial charge is 0.478 e. The molecule has 1 aromatic carbocycles. The maximum Gasteiger partial charge on any atom is 0.338 e. The van der Waals surface area contributed by atoms with Crippen molar-refractivity contribution in [3.05, 3.63) is 35.1 Å². The summed E-state index contributed by atoms with van der Waals surface area (Å²) in [5, 5.41) is 17.1. The fourth-order valence-electron chi connectivity index (χ4n) is 1.08. The van der Waals surface area contributed by atoms with Crippen LogP contribution in [0.5, 0.6) is 0 Å². The van der Waals surface area contributed by atoms with Crippen molar-refractivity contribution in [1.82, 2.24) is 0 Å². The first-order chi connectivity index (χ1) is 7.15. The number of aliphatic hydroxyl groups excluding tert-OH is 1. The Balaban J connectivity index is 2.74. The minimum absolute atomic E-state index is 0.104. The van der Waals surface area contributed by atoms with Gasteiger partial charge in [0.25, 0.3) is 0 Å². The van der Waals surface area contributed by atoms with Gasteiger partial charge in [0, 0.05) is 0 Å². The Bertz CT molecular complexity index is 351. The van der Waals surface area contributed by atoms with Gasteiger partial charge in [0.2, 0.25) is 0 Å². The fraction of sp³-hybridized carbons (Fsp3) is 0.300. The summed E-state index contributed by atoms with van der Waals surface area (Å²) in [7, 11) is 0. The first-order valence-electron chi connectivity index (χ1n) is 4.35. The van der Waals surface area contributed by atoms with E-state index in [1.807, 2.05) is 0 Å². The smallest absolute Gasteiger partial charge is 0.338 e. The van der Waals surface area contributed by atoms with E-state index in [4.69, 9.17) is 14.9 Å². The van der Waals surface area contributed by atoms with Crippen LogP contribution in [0.2, 0.25) is 0 Å². The van der Waals surface area contributed by atoms with Crippen molar-refractivity contribution < 1.29 is 24.1 Å². The molecule has 0 heterocycles. The molecule has 0 fully saturated rings. The summed E-state index contributed by atoms with van der Waals surface area (Å²) >= 11 is 0. The summed E-state index contributed by atoms with van der Waals surface area (Å²) in [5.41, 5.74) is 0.183. The Morgan fingerprint density at radius 2 is 2.20 bits per heavy atom. The number of carboxylic acid groups (broad SMARTS) is 1. The van der Waals surface area contributed by atoms with Crippen LogP contribution in [0.4, 0.5) is 4.39 Å². The number of aromatic carboxylic acids is 1. The number of halogens is 1. The van der Waals surface area contributed by atoms with Crippen LogP contribution in [0, 0.1) is 5.82 Å². The molecule has 0 aliphatic heterocycles. The van der Waals surface area contributed by atoms with E-state index in [-0.39, 0.29) is 25.4 Å². The molecule has 82 valence electrons. The van der Waals surface area contributed by atoms with Gasteiger partial charge in [-0.05, 0) is 17.7 Å². The lowest BCUT2D eigenvalue weighted by Crippen LogP contribution is -2.04. The van der Waals surface area contributed by atoms with E-state index in [0.717, 1.165) is 6.07 Å². The lowest BCUT2D eigenvalue weighted by Gasteiger charge is -2.04. The van der Waals surface area contributed by atoms with Crippen molar-refractivity contribution in [2.75, 3.05) is 13.2 Å². The van der Waals surface area contributed by atoms with Crippen LogP contribution in [0.25, 0.3) is 0 Å². The fourth-order valence-corrected chi connectivity index (χ4v) is 1.08. The van der Waals surface area contributed by atoms with Gasteiger partial charge in [-0.15, -0.1) is 0 Å². The third-order valence-electron chi connectivity index (χ3n) is 1.77. The Kier molecular flexibility index (Phi) is 4.20. The van der Waals surface area contributed by atoms with Crippen molar-refractivity contribution >= 4 is 5.97 Å². The molecule has 0 aromatic heterocycles. The van der Waals surface area contributed by atoms with E-state index in [2.05, 4.69) is 0 Å². The summed E-state index contributed by atoms with van der Waals surface area (Å²) in [5.74, 6) is -2.08. The van der Waals surface area contributed by atoms with Crippen molar-refractivity contribution in [2.45, 2.75) is 6.61 Å². The zero-order chi connectivity index (χ0) is 11.3. The van der Waals surface area contributed by atoms with Crippen LogP contribution in [0.15, 0.2) is 18.2 Å². The highest BCUT2D eigenvalue weighted by Gasteiger charge is 2.10. The molecule has 15 heavy (non-hydrogen) atoms. The number of hydrogen-bond donors (Lipinski definition) is 2. The number of hydrogen-bond acceptors (Lipinski definition) is 3. The molecule has 0 aliphatic rings. The molecule has 0 spiro atoms. The standard InChI is InChI=1S/C10H11FO4/c11-9-2-1-7(6-15-4-3-12)5-8(9)10(13)14/h1-2,5,12H,3-4,6H2,(H,13,14). The van der Waals surface area contributed by atoms with Crippen LogP contribution in [-0.4, -0.2) is 29.4 Å². The predicted octanol–water partition coefficient (Wildman–Crippen LogP) is 1.03. The molecule has 5 heteroatoms. The molecular weight excluding hydrogens is 203 g/mol. The Morgan fingerprint density at radius 1 is 1.47 bits per heavy atom. The highest BCUT2D eigenvalue weighted by atomic mass is 19.1. The number of benzene rings is 1. The molecule has 0 unspecified atom stereocenters. The van der Waals surface area contributed by atoms with Gasteiger partial charge in [-0.1, -0.05) is 6.07 Å². The van der Waals surface area contributed by atoms with Gasteiger partial charge in [0.05, 0.1) is 25.4 Å². The molecular formula is C10H11FO4. The summed E-state index contributed by atoms with van der Waals surface area (Å²) in [6.45, 7) is 0.216. The predicted molar refractivity (Wildman–Crippen MR) is 50.1 cm³/mol. The SMILES string of the molecule is O=C(O)c1cc(COCCO)ccc1F. The van der Waals surface area contributed by atoms with E-state index in [1.165, 1.54) is 12.1 Å². The molecule has 0 saturated heterocycles. The van der Waals surface area contributed by atoms with Crippen LogP contribution in [0.3, 0.4) is 0 Å². The molecule has 0 aliphatic carbocycles. The third-order valence-corrected chi connectivity index (χ3v) is 1.77. The summed E-state index contributed by atoms with van der Waals surface area (Å²) in [6, 6.07) is 3.75. The minimum atomic E-state index is -1.31. The maximum atomic E-state index is 12.9. The topological polar surface area (TPSA) is 66.8 Å². The molecule has 0 atom stereocenters. The Morgan fingerprint density at radius 3 is 2.80 bits per heavy atom. The van der Waals surface area contributed by atoms with Gasteiger partial charge in [0.1, 0.15) is 5.82 Å². The second-order valence-corrected chi connectivity index (χ2v) is 2.90. The average Bonchev–Trinajstić information content (AvgIpc) is 2.20. The zero-order valence-corrected chi connectivity index (χ0v) is 7.94. The number of aliphatic hydroxyl groups is 1. The highest BCUT2D eigenvalue weighted by Crippen LogP contribution is 2.11. The number of carboxylic acids is 1. The van der Waals surface area contributed by atoms with Crippen molar-refractivity contribution in [2.24, 2.45) is 0 Å². The van der Waals surface area contributed by atoms with Gasteiger partial charge in [-0.25, -0.2) is 9.18 Å². The van der Waals surface area contributed by atoms with Crippen molar-refractivity contribution in [3.8, 4) is 0 Å². The summed E-state index contributed by atoms with van der Waals surface area (Å²) in [6.07, 6.45) is 0. The van der Waals surface area contributed by atoms with E-state index in [9.17, 15) is 9.18 Å². The zero-order valence-electron chi connectivity index (χ0n) is 7.94. The second kappa shape index (κ2) is 5.43. The van der Waals surface area contributed by atoms with E-state index in [1.54, 1.807) is 0 Å². The molecule has 0 radical (unpaired) electrons. The van der Waals surface area contributed by atoms with E-state index < -0.39 is 11.8 Å². The van der Waals surface area contributed by atoms with Crippen molar-refractivity contribution in [3.63, 3.8) is 0 Å². The third kappa shape index (κ3) is 3.30. The Hall–Kier alpha value is -1.46. The van der Waals surface area contributed by atoms with Gasteiger partial charge < -0.3 is 14.9 Å². The van der Waals surface area contributed by atoms with E-state index >= 15 is 0 Å². The molecule has 2 N–H and O–H groups in total. The minimum Gasteiger partial charge on any atom is -0.478 e. The number of ether oxygens (including phenoxy) is 1. The van der Waals surface area contributed by atoms with Crippen LogP contribution >= 0.6 is 0 Å². The van der Waals surface area contributed by atoms with Gasteiger partial charge in [0.15, 0.2) is 0 Å². The highest BCUT2D eigenvalue weighted by molar-refractivity contribution is 5.88. The normalized spacial score (nSPS) is 10.3. The molecule has 1 aromatic rings. The summed E-state index contributed by atoms with van der Waals surface area (Å²) < 4.78 is 17.9. The van der Waals surface area contributed by atoms with Gasteiger partial charge in [-0.2, -0.15) is 0 Å². The molecule has 4 nitrogen and oxygen atoms in total. The van der Waals surface area contributed by atoms with Gasteiger partial charge >= 0.3 is 5.97 Å². The van der Waals surface area contributed by atoms with Crippen molar-refractivity contribution in [1.29, 1.82) is 0 Å². The molecule has 0 bridgehead atoms. The molecule has 0 saturated carbocycles. The maximum absolute atomic E-state index is 12.9. The number of rotatable bonds is 5. The average molecular weight is 214 g/mol. The lowest BCUT2D eigenvalue weighted by atomic mass is 10.1. The first kappa shape index (κ1) is 11.6. The molecule has 0 amide bonds. The lowest BCUT2D eigenvalue weighted by molar-refractivity contribution is 0.0689. The van der Waals surface area contributed by atoms with Crippen LogP contribution < -0.4 is 0 Å². The van der Waals surface area contributed by atoms with E-state index in [0.29, 0.717) is 5.56 Å². The monoisotopic (exact) mass is 214 g/mol. The molecule has 1 rings (SSSR count). The second-order valence-electron chi connectivity index (χ2n) is 2.90. The summed E-state index contributed by atoms with van der Waals surface area (Å²) in [4.78, 5) is 10.6. The van der Waals surface area contributed by atoms with Gasteiger partial charge in [-0.3, -0.25) is 0 Å². The van der Waals surface area contributed by atoms with Crippen LogP contribution in [0.1, 0.15) is 15.9 Å².